The molecule has 1 heterocycles. The van der Waals surface area contributed by atoms with Crippen molar-refractivity contribution in [3.8, 4) is 5.88 Å². The molecule has 0 aliphatic carbocycles. The lowest BCUT2D eigenvalue weighted by atomic mass is 10.1. The molecular formula is C20H28N4O. The molecule has 0 amide bonds. The van der Waals surface area contributed by atoms with Crippen molar-refractivity contribution in [2.45, 2.75) is 32.7 Å². The summed E-state index contributed by atoms with van der Waals surface area (Å²) in [5, 5.41) is 6.65. The number of aliphatic imine (C=N–C) groups is 1. The maximum Gasteiger partial charge on any atom is 0.213 e. The van der Waals surface area contributed by atoms with Gasteiger partial charge in [-0.15, -0.1) is 0 Å². The third-order valence-electron chi connectivity index (χ3n) is 3.71. The summed E-state index contributed by atoms with van der Waals surface area (Å²) < 4.78 is 5.49. The molecule has 5 nitrogen and oxygen atoms in total. The number of aromatic nitrogens is 1. The second kappa shape index (κ2) is 11.1. The van der Waals surface area contributed by atoms with Crippen LogP contribution in [0.15, 0.2) is 53.7 Å². The molecular weight excluding hydrogens is 312 g/mol. The maximum atomic E-state index is 5.49. The van der Waals surface area contributed by atoms with E-state index in [1.54, 1.807) is 7.05 Å². The van der Waals surface area contributed by atoms with E-state index in [4.69, 9.17) is 4.74 Å². The molecule has 0 atom stereocenters. The van der Waals surface area contributed by atoms with E-state index in [2.05, 4.69) is 51.8 Å². The molecule has 0 bridgehead atoms. The molecule has 5 heteroatoms. The van der Waals surface area contributed by atoms with Gasteiger partial charge in [0.25, 0.3) is 0 Å². The van der Waals surface area contributed by atoms with Crippen LogP contribution >= 0.6 is 0 Å². The molecule has 0 fully saturated rings. The lowest BCUT2D eigenvalue weighted by Gasteiger charge is -2.12. The number of pyridine rings is 1. The standard InChI is InChI=1S/C20H28N4O/c1-3-14-25-19-12-11-18(15-23-19)16-24-20(21-2)22-13-7-10-17-8-5-4-6-9-17/h4-6,8-9,11-12,15H,3,7,10,13-14,16H2,1-2H3,(H2,21,22,24). The summed E-state index contributed by atoms with van der Waals surface area (Å²) in [6, 6.07) is 14.5. The van der Waals surface area contributed by atoms with Gasteiger partial charge in [0.1, 0.15) is 0 Å². The zero-order valence-corrected chi connectivity index (χ0v) is 15.2. The Balaban J connectivity index is 1.67. The van der Waals surface area contributed by atoms with Gasteiger partial charge in [-0.05, 0) is 30.4 Å². The summed E-state index contributed by atoms with van der Waals surface area (Å²) in [4.78, 5) is 8.56. The molecule has 2 aromatic rings. The van der Waals surface area contributed by atoms with Gasteiger partial charge in [-0.25, -0.2) is 4.98 Å². The first kappa shape index (κ1) is 18.8. The van der Waals surface area contributed by atoms with E-state index in [9.17, 15) is 0 Å². The minimum atomic E-state index is 0.675. The average molecular weight is 340 g/mol. The van der Waals surface area contributed by atoms with Crippen LogP contribution in [0, 0.1) is 0 Å². The van der Waals surface area contributed by atoms with Gasteiger partial charge in [-0.3, -0.25) is 4.99 Å². The van der Waals surface area contributed by atoms with Gasteiger partial charge in [0.2, 0.25) is 5.88 Å². The molecule has 0 aliphatic heterocycles. The highest BCUT2D eigenvalue weighted by molar-refractivity contribution is 5.79. The third kappa shape index (κ3) is 7.25. The van der Waals surface area contributed by atoms with Crippen molar-refractivity contribution in [1.82, 2.24) is 15.6 Å². The molecule has 0 aliphatic rings. The normalized spacial score (nSPS) is 11.2. The van der Waals surface area contributed by atoms with Crippen LogP contribution in [-0.2, 0) is 13.0 Å². The molecule has 2 rings (SSSR count). The predicted molar refractivity (Wildman–Crippen MR) is 103 cm³/mol. The lowest BCUT2D eigenvalue weighted by Crippen LogP contribution is -2.37. The molecule has 2 N–H and O–H groups in total. The minimum absolute atomic E-state index is 0.675. The molecule has 25 heavy (non-hydrogen) atoms. The van der Waals surface area contributed by atoms with Gasteiger partial charge >= 0.3 is 0 Å². The van der Waals surface area contributed by atoms with E-state index in [-0.39, 0.29) is 0 Å². The number of ether oxygens (including phenoxy) is 1. The second-order valence-electron chi connectivity index (χ2n) is 5.79. The first-order valence-corrected chi connectivity index (χ1v) is 8.88. The van der Waals surface area contributed by atoms with Crippen molar-refractivity contribution in [1.29, 1.82) is 0 Å². The highest BCUT2D eigenvalue weighted by atomic mass is 16.5. The number of nitrogens with zero attached hydrogens (tertiary/aromatic N) is 2. The highest BCUT2D eigenvalue weighted by Crippen LogP contribution is 2.07. The summed E-state index contributed by atoms with van der Waals surface area (Å²) in [6.45, 7) is 4.34. The van der Waals surface area contributed by atoms with Gasteiger partial charge in [0, 0.05) is 32.4 Å². The Morgan fingerprint density at radius 2 is 1.92 bits per heavy atom. The minimum Gasteiger partial charge on any atom is -0.478 e. The summed E-state index contributed by atoms with van der Waals surface area (Å²) in [5.41, 5.74) is 2.46. The first-order chi connectivity index (χ1) is 12.3. The first-order valence-electron chi connectivity index (χ1n) is 8.88. The van der Waals surface area contributed by atoms with Gasteiger partial charge in [0.05, 0.1) is 6.61 Å². The van der Waals surface area contributed by atoms with E-state index in [0.29, 0.717) is 19.0 Å². The molecule has 0 spiro atoms. The van der Waals surface area contributed by atoms with Crippen molar-refractivity contribution >= 4 is 5.96 Å². The van der Waals surface area contributed by atoms with Crippen LogP contribution in [0.5, 0.6) is 5.88 Å². The fourth-order valence-corrected chi connectivity index (χ4v) is 2.36. The third-order valence-corrected chi connectivity index (χ3v) is 3.71. The zero-order chi connectivity index (χ0) is 17.7. The number of benzene rings is 1. The van der Waals surface area contributed by atoms with Gasteiger partial charge in [0.15, 0.2) is 5.96 Å². The molecule has 0 unspecified atom stereocenters. The van der Waals surface area contributed by atoms with E-state index in [0.717, 1.165) is 37.3 Å². The van der Waals surface area contributed by atoms with Crippen LogP contribution in [-0.4, -0.2) is 31.1 Å². The second-order valence-corrected chi connectivity index (χ2v) is 5.79. The van der Waals surface area contributed by atoms with E-state index in [1.807, 2.05) is 24.4 Å². The number of hydrogen-bond donors (Lipinski definition) is 2. The van der Waals surface area contributed by atoms with Crippen molar-refractivity contribution in [2.24, 2.45) is 4.99 Å². The number of hydrogen-bond acceptors (Lipinski definition) is 3. The Morgan fingerprint density at radius 3 is 2.60 bits per heavy atom. The average Bonchev–Trinajstić information content (AvgIpc) is 2.67. The fourth-order valence-electron chi connectivity index (χ4n) is 2.36. The number of nitrogens with one attached hydrogen (secondary N) is 2. The Hall–Kier alpha value is -2.56. The molecule has 1 aromatic carbocycles. The van der Waals surface area contributed by atoms with Gasteiger partial charge in [-0.1, -0.05) is 43.3 Å². The Morgan fingerprint density at radius 1 is 1.08 bits per heavy atom. The smallest absolute Gasteiger partial charge is 0.213 e. The molecule has 0 saturated heterocycles. The van der Waals surface area contributed by atoms with E-state index < -0.39 is 0 Å². The Labute approximate surface area is 150 Å². The van der Waals surface area contributed by atoms with Crippen LogP contribution in [0.25, 0.3) is 0 Å². The zero-order valence-electron chi connectivity index (χ0n) is 15.2. The summed E-state index contributed by atoms with van der Waals surface area (Å²) in [6.07, 6.45) is 4.95. The van der Waals surface area contributed by atoms with Crippen molar-refractivity contribution in [3.05, 3.63) is 59.8 Å². The maximum absolute atomic E-state index is 5.49. The molecule has 0 radical (unpaired) electrons. The van der Waals surface area contributed by atoms with Crippen molar-refractivity contribution in [2.75, 3.05) is 20.2 Å². The van der Waals surface area contributed by atoms with Crippen LogP contribution in [0.1, 0.15) is 30.9 Å². The largest absolute Gasteiger partial charge is 0.478 e. The number of guanidine groups is 1. The van der Waals surface area contributed by atoms with Gasteiger partial charge in [-0.2, -0.15) is 0 Å². The Kier molecular flexibility index (Phi) is 8.32. The predicted octanol–water partition coefficient (Wildman–Crippen LogP) is 3.17. The quantitative estimate of drug-likeness (QED) is 0.418. The van der Waals surface area contributed by atoms with Gasteiger partial charge < -0.3 is 15.4 Å². The summed E-state index contributed by atoms with van der Waals surface area (Å²) in [7, 11) is 1.78. The summed E-state index contributed by atoms with van der Waals surface area (Å²) >= 11 is 0. The van der Waals surface area contributed by atoms with Crippen LogP contribution in [0.2, 0.25) is 0 Å². The molecule has 0 saturated carbocycles. The lowest BCUT2D eigenvalue weighted by molar-refractivity contribution is 0.305. The van der Waals surface area contributed by atoms with Crippen molar-refractivity contribution in [3.63, 3.8) is 0 Å². The Bertz CT molecular complexity index is 626. The van der Waals surface area contributed by atoms with Crippen LogP contribution in [0.4, 0.5) is 0 Å². The number of aryl methyl sites for hydroxylation is 1. The van der Waals surface area contributed by atoms with Crippen LogP contribution in [0.3, 0.4) is 0 Å². The fraction of sp³-hybridized carbons (Fsp3) is 0.400. The SMILES string of the molecule is CCCOc1ccc(CNC(=NC)NCCCc2ccccc2)cn1. The summed E-state index contributed by atoms with van der Waals surface area (Å²) in [5.74, 6) is 1.48. The number of rotatable bonds is 9. The molecule has 1 aromatic heterocycles. The van der Waals surface area contributed by atoms with E-state index >= 15 is 0 Å². The topological polar surface area (TPSA) is 58.5 Å². The van der Waals surface area contributed by atoms with Crippen LogP contribution < -0.4 is 15.4 Å². The molecule has 134 valence electrons. The monoisotopic (exact) mass is 340 g/mol. The van der Waals surface area contributed by atoms with E-state index in [1.165, 1.54) is 5.56 Å². The highest BCUT2D eigenvalue weighted by Gasteiger charge is 2.00. The van der Waals surface area contributed by atoms with Crippen molar-refractivity contribution < 1.29 is 4.74 Å².